The summed E-state index contributed by atoms with van der Waals surface area (Å²) < 4.78 is 10.3. The van der Waals surface area contributed by atoms with E-state index in [9.17, 15) is 10.2 Å². The molecule has 2 N–H and O–H groups in total. The van der Waals surface area contributed by atoms with Gasteiger partial charge < -0.3 is 19.7 Å². The largest absolute Gasteiger partial charge is 0.507 e. The van der Waals surface area contributed by atoms with Gasteiger partial charge in [0.1, 0.15) is 11.5 Å². The second-order valence-electron chi connectivity index (χ2n) is 3.33. The lowest BCUT2D eigenvalue weighted by Gasteiger charge is -2.12. The van der Waals surface area contributed by atoms with Crippen LogP contribution in [0.4, 0.5) is 0 Å². The van der Waals surface area contributed by atoms with E-state index >= 15 is 0 Å². The number of aromatic hydroxyl groups is 2. The maximum atomic E-state index is 9.79. The van der Waals surface area contributed by atoms with E-state index in [0.29, 0.717) is 22.3 Å². The van der Waals surface area contributed by atoms with E-state index in [2.05, 4.69) is 0 Å². The van der Waals surface area contributed by atoms with E-state index in [1.54, 1.807) is 12.1 Å². The molecule has 0 unspecified atom stereocenters. The van der Waals surface area contributed by atoms with Crippen molar-refractivity contribution in [2.75, 3.05) is 14.2 Å². The topological polar surface area (TPSA) is 58.9 Å². The summed E-state index contributed by atoms with van der Waals surface area (Å²) in [4.78, 5) is 0. The van der Waals surface area contributed by atoms with Crippen LogP contribution >= 0.6 is 0 Å². The Bertz CT molecular complexity index is 534. The van der Waals surface area contributed by atoms with Gasteiger partial charge in [-0.25, -0.2) is 0 Å². The van der Waals surface area contributed by atoms with Crippen molar-refractivity contribution in [1.29, 1.82) is 0 Å². The van der Waals surface area contributed by atoms with Gasteiger partial charge in [-0.2, -0.15) is 0 Å². The second kappa shape index (κ2) is 3.81. The molecule has 2 aromatic carbocycles. The van der Waals surface area contributed by atoms with Gasteiger partial charge in [0.15, 0.2) is 11.5 Å². The number of ether oxygens (including phenoxy) is 2. The van der Waals surface area contributed by atoms with Crippen molar-refractivity contribution in [3.8, 4) is 23.0 Å². The maximum Gasteiger partial charge on any atom is 0.168 e. The number of methoxy groups -OCH3 is 2. The van der Waals surface area contributed by atoms with E-state index in [1.165, 1.54) is 26.4 Å². The van der Waals surface area contributed by atoms with Crippen LogP contribution in [0.3, 0.4) is 0 Å². The highest BCUT2D eigenvalue weighted by molar-refractivity contribution is 5.99. The molecule has 0 radical (unpaired) electrons. The van der Waals surface area contributed by atoms with Gasteiger partial charge in [-0.1, -0.05) is 12.1 Å². The Morgan fingerprint density at radius 3 is 2.38 bits per heavy atom. The SMILES string of the molecule is COc1cc(O)c2c(O)cccc2c1OC. The first-order valence-corrected chi connectivity index (χ1v) is 4.74. The van der Waals surface area contributed by atoms with Crippen molar-refractivity contribution in [3.63, 3.8) is 0 Å². The highest BCUT2D eigenvalue weighted by atomic mass is 16.5. The average molecular weight is 220 g/mol. The van der Waals surface area contributed by atoms with Crippen molar-refractivity contribution in [3.05, 3.63) is 24.3 Å². The highest BCUT2D eigenvalue weighted by Crippen LogP contribution is 2.43. The lowest BCUT2D eigenvalue weighted by Crippen LogP contribution is -1.92. The molecule has 2 aromatic rings. The third-order valence-electron chi connectivity index (χ3n) is 2.46. The van der Waals surface area contributed by atoms with Gasteiger partial charge in [-0.3, -0.25) is 0 Å². The molecule has 0 aliphatic carbocycles. The number of hydrogen-bond acceptors (Lipinski definition) is 4. The predicted octanol–water partition coefficient (Wildman–Crippen LogP) is 2.27. The first kappa shape index (κ1) is 10.4. The Morgan fingerprint density at radius 2 is 1.75 bits per heavy atom. The zero-order valence-electron chi connectivity index (χ0n) is 9.02. The van der Waals surface area contributed by atoms with Crippen LogP contribution in [-0.2, 0) is 0 Å². The Labute approximate surface area is 92.7 Å². The molecule has 0 saturated heterocycles. The molecule has 0 amide bonds. The van der Waals surface area contributed by atoms with Crippen LogP contribution < -0.4 is 9.47 Å². The molecule has 4 nitrogen and oxygen atoms in total. The molecule has 0 saturated carbocycles. The molecular weight excluding hydrogens is 208 g/mol. The summed E-state index contributed by atoms with van der Waals surface area (Å²) >= 11 is 0. The van der Waals surface area contributed by atoms with E-state index in [-0.39, 0.29) is 11.5 Å². The van der Waals surface area contributed by atoms with Crippen molar-refractivity contribution in [2.45, 2.75) is 0 Å². The predicted molar refractivity (Wildman–Crippen MR) is 60.4 cm³/mol. The standard InChI is InChI=1S/C12H12O4/c1-15-10-6-9(14)11-7(12(10)16-2)4-3-5-8(11)13/h3-6,13-14H,1-2H3. The van der Waals surface area contributed by atoms with Gasteiger partial charge in [0.25, 0.3) is 0 Å². The number of phenols is 2. The smallest absolute Gasteiger partial charge is 0.168 e. The van der Waals surface area contributed by atoms with Crippen LogP contribution in [0.25, 0.3) is 10.8 Å². The zero-order chi connectivity index (χ0) is 11.7. The van der Waals surface area contributed by atoms with E-state index in [4.69, 9.17) is 9.47 Å². The van der Waals surface area contributed by atoms with Crippen LogP contribution in [0, 0.1) is 0 Å². The van der Waals surface area contributed by atoms with Crippen molar-refractivity contribution in [1.82, 2.24) is 0 Å². The van der Waals surface area contributed by atoms with Gasteiger partial charge in [-0.15, -0.1) is 0 Å². The minimum Gasteiger partial charge on any atom is -0.507 e. The molecule has 0 aromatic heterocycles. The summed E-state index contributed by atoms with van der Waals surface area (Å²) in [6.45, 7) is 0. The molecule has 0 aliphatic rings. The first-order chi connectivity index (χ1) is 7.69. The Balaban J connectivity index is 2.91. The van der Waals surface area contributed by atoms with Gasteiger partial charge in [0.2, 0.25) is 0 Å². The quantitative estimate of drug-likeness (QED) is 0.815. The van der Waals surface area contributed by atoms with Crippen LogP contribution in [0.1, 0.15) is 0 Å². The van der Waals surface area contributed by atoms with Crippen LogP contribution in [0.5, 0.6) is 23.0 Å². The van der Waals surface area contributed by atoms with Crippen LogP contribution in [0.2, 0.25) is 0 Å². The lowest BCUT2D eigenvalue weighted by molar-refractivity contribution is 0.355. The van der Waals surface area contributed by atoms with Crippen LogP contribution in [-0.4, -0.2) is 24.4 Å². The molecule has 0 aliphatic heterocycles. The Morgan fingerprint density at radius 1 is 1.00 bits per heavy atom. The van der Waals surface area contributed by atoms with Crippen molar-refractivity contribution < 1.29 is 19.7 Å². The summed E-state index contributed by atoms with van der Waals surface area (Å²) in [7, 11) is 3.00. The lowest BCUT2D eigenvalue weighted by atomic mass is 10.1. The summed E-state index contributed by atoms with van der Waals surface area (Å²) in [5.74, 6) is 0.894. The molecule has 0 atom stereocenters. The second-order valence-corrected chi connectivity index (χ2v) is 3.33. The van der Waals surface area contributed by atoms with Crippen molar-refractivity contribution in [2.24, 2.45) is 0 Å². The highest BCUT2D eigenvalue weighted by Gasteiger charge is 2.15. The third-order valence-corrected chi connectivity index (χ3v) is 2.46. The number of benzene rings is 2. The van der Waals surface area contributed by atoms with Crippen LogP contribution in [0.15, 0.2) is 24.3 Å². The first-order valence-electron chi connectivity index (χ1n) is 4.74. The molecule has 0 heterocycles. The zero-order valence-corrected chi connectivity index (χ0v) is 9.02. The van der Waals surface area contributed by atoms with E-state index in [1.807, 2.05) is 0 Å². The fraction of sp³-hybridized carbons (Fsp3) is 0.167. The van der Waals surface area contributed by atoms with Gasteiger partial charge >= 0.3 is 0 Å². The number of phenolic OH excluding ortho intramolecular Hbond substituents is 2. The van der Waals surface area contributed by atoms with Gasteiger partial charge in [-0.05, 0) is 6.07 Å². The molecule has 0 spiro atoms. The van der Waals surface area contributed by atoms with Crippen molar-refractivity contribution >= 4 is 10.8 Å². The molecule has 4 heteroatoms. The fourth-order valence-corrected chi connectivity index (χ4v) is 1.76. The Hall–Kier alpha value is -2.10. The molecule has 0 fully saturated rings. The summed E-state index contributed by atoms with van der Waals surface area (Å²) in [6.07, 6.45) is 0. The summed E-state index contributed by atoms with van der Waals surface area (Å²) in [5.41, 5.74) is 0. The fourth-order valence-electron chi connectivity index (χ4n) is 1.76. The number of hydrogen-bond donors (Lipinski definition) is 2. The number of rotatable bonds is 2. The van der Waals surface area contributed by atoms with Gasteiger partial charge in [0.05, 0.1) is 19.6 Å². The normalized spacial score (nSPS) is 10.4. The minimum absolute atomic E-state index is 0.0101. The number of fused-ring (bicyclic) bond motifs is 1. The van der Waals surface area contributed by atoms with E-state index < -0.39 is 0 Å². The monoisotopic (exact) mass is 220 g/mol. The van der Waals surface area contributed by atoms with Gasteiger partial charge in [0, 0.05) is 11.5 Å². The molecule has 16 heavy (non-hydrogen) atoms. The molecule has 2 rings (SSSR count). The minimum atomic E-state index is -0.0363. The molecule has 84 valence electrons. The molecular formula is C12H12O4. The average Bonchev–Trinajstić information content (AvgIpc) is 2.28. The Kier molecular flexibility index (Phi) is 2.48. The van der Waals surface area contributed by atoms with E-state index in [0.717, 1.165) is 0 Å². The molecule has 0 bridgehead atoms. The third kappa shape index (κ3) is 1.39. The summed E-state index contributed by atoms with van der Waals surface area (Å²) in [5, 5.41) is 20.4. The summed E-state index contributed by atoms with van der Waals surface area (Å²) in [6, 6.07) is 6.35. The maximum absolute atomic E-state index is 9.79.